The molecular formula is C46H67N5O8. The fourth-order valence-electron chi connectivity index (χ4n) is 7.02. The van der Waals surface area contributed by atoms with Crippen LogP contribution in [0.3, 0.4) is 0 Å². The van der Waals surface area contributed by atoms with Gasteiger partial charge in [0.1, 0.15) is 18.1 Å². The van der Waals surface area contributed by atoms with Crippen molar-refractivity contribution >= 4 is 36.1 Å². The molecule has 3 rings (SSSR count). The highest BCUT2D eigenvalue weighted by molar-refractivity contribution is 5.93. The van der Waals surface area contributed by atoms with Crippen LogP contribution in [-0.2, 0) is 44.6 Å². The van der Waals surface area contributed by atoms with E-state index in [2.05, 4.69) is 57.4 Å². The maximum Gasteiger partial charge on any atom is 0.243 e. The Bertz CT molecular complexity index is 1570. The third-order valence-electron chi connectivity index (χ3n) is 10.2. The minimum absolute atomic E-state index is 0.0350. The van der Waals surface area contributed by atoms with E-state index in [0.717, 1.165) is 36.8 Å². The number of hydrogen-bond donors (Lipinski definition) is 5. The third-order valence-corrected chi connectivity index (χ3v) is 10.2. The summed E-state index contributed by atoms with van der Waals surface area (Å²) >= 11 is 0. The average molecular weight is 818 g/mol. The van der Waals surface area contributed by atoms with E-state index in [9.17, 15) is 24.0 Å². The van der Waals surface area contributed by atoms with E-state index in [1.165, 1.54) is 0 Å². The molecule has 0 heterocycles. The second-order valence-electron chi connectivity index (χ2n) is 15.3. The molecule has 0 spiro atoms. The Morgan fingerprint density at radius 3 is 1.97 bits per heavy atom. The summed E-state index contributed by atoms with van der Waals surface area (Å²) in [5.74, 6) is -0.793. The van der Waals surface area contributed by atoms with Gasteiger partial charge in [0.15, 0.2) is 0 Å². The monoisotopic (exact) mass is 817 g/mol. The molecular weight excluding hydrogens is 751 g/mol. The van der Waals surface area contributed by atoms with Gasteiger partial charge in [0.05, 0.1) is 39.6 Å². The molecule has 2 aromatic rings. The highest BCUT2D eigenvalue weighted by Gasteiger charge is 2.36. The van der Waals surface area contributed by atoms with Crippen LogP contribution in [0.15, 0.2) is 79.4 Å². The molecule has 4 unspecified atom stereocenters. The van der Waals surface area contributed by atoms with Crippen molar-refractivity contribution in [1.29, 1.82) is 0 Å². The van der Waals surface area contributed by atoms with Crippen molar-refractivity contribution in [3.05, 3.63) is 90.5 Å². The van der Waals surface area contributed by atoms with Gasteiger partial charge in [-0.3, -0.25) is 24.0 Å². The van der Waals surface area contributed by atoms with Gasteiger partial charge in [-0.05, 0) is 54.6 Å². The van der Waals surface area contributed by atoms with Gasteiger partial charge in [0, 0.05) is 25.4 Å². The summed E-state index contributed by atoms with van der Waals surface area (Å²) in [6.07, 6.45) is 11.1. The molecule has 1 fully saturated rings. The van der Waals surface area contributed by atoms with Gasteiger partial charge in [-0.2, -0.15) is 0 Å². The molecule has 0 aromatic heterocycles. The largest absolute Gasteiger partial charge is 0.377 e. The predicted molar refractivity (Wildman–Crippen MR) is 230 cm³/mol. The summed E-state index contributed by atoms with van der Waals surface area (Å²) in [6.45, 7) is 12.5. The zero-order chi connectivity index (χ0) is 42.7. The Balaban J connectivity index is 1.32. The van der Waals surface area contributed by atoms with Crippen molar-refractivity contribution in [3.63, 3.8) is 0 Å². The van der Waals surface area contributed by atoms with Crippen molar-refractivity contribution in [2.45, 2.75) is 83.8 Å². The molecule has 13 nitrogen and oxygen atoms in total. The zero-order valence-corrected chi connectivity index (χ0v) is 35.2. The zero-order valence-electron chi connectivity index (χ0n) is 35.2. The lowest BCUT2D eigenvalue weighted by molar-refractivity contribution is -0.133. The highest BCUT2D eigenvalue weighted by atomic mass is 16.5. The van der Waals surface area contributed by atoms with Crippen molar-refractivity contribution in [2.24, 2.45) is 23.7 Å². The van der Waals surface area contributed by atoms with Crippen LogP contribution in [-0.4, -0.2) is 101 Å². The SMILES string of the molecule is C=CC1CC(/C=C/c2ccccc2)CC1C(=O)NCCOCCOCCOCCNC(=O)[C@H](Cc1ccccc1)NC(=O)C(CC(C)C)NC(=O)[C@H](CCCC)NC=O. The Morgan fingerprint density at radius 1 is 0.763 bits per heavy atom. The van der Waals surface area contributed by atoms with Gasteiger partial charge < -0.3 is 40.8 Å². The van der Waals surface area contributed by atoms with Crippen LogP contribution in [0, 0.1) is 23.7 Å². The number of carbonyl (C=O) groups excluding carboxylic acids is 5. The molecule has 5 N–H and O–H groups in total. The molecule has 2 aromatic carbocycles. The van der Waals surface area contributed by atoms with Gasteiger partial charge >= 0.3 is 0 Å². The molecule has 59 heavy (non-hydrogen) atoms. The van der Waals surface area contributed by atoms with Crippen LogP contribution in [0.5, 0.6) is 0 Å². The third kappa shape index (κ3) is 19.2. The number of ether oxygens (including phenoxy) is 3. The minimum Gasteiger partial charge on any atom is -0.377 e. The van der Waals surface area contributed by atoms with E-state index in [1.807, 2.05) is 75.4 Å². The second-order valence-corrected chi connectivity index (χ2v) is 15.3. The standard InChI is InChI=1S/C46H67N5O8/c1-5-7-18-40(49-33-52)45(55)50-41(29-34(3)4)46(56)51-42(32-36-16-12-9-13-17-36)44(54)48-22-24-58-26-28-59-27-25-57-23-21-47-43(53)39-31-37(30-38(39)6-2)20-19-35-14-10-8-11-15-35/h6,8-17,19-20,33-34,37-42H,2,5,7,18,21-32H2,1,3-4H3,(H,47,53)(H,48,54)(H,49,52)(H,50,55)(H,51,56)/b20-19+/t37?,38?,39?,40-,41?,42-/m0/s1. The van der Waals surface area contributed by atoms with E-state index in [-0.39, 0.29) is 49.1 Å². The summed E-state index contributed by atoms with van der Waals surface area (Å²) in [5, 5.41) is 14.1. The first-order valence-electron chi connectivity index (χ1n) is 21.1. The molecule has 1 saturated carbocycles. The van der Waals surface area contributed by atoms with Crippen LogP contribution in [0.2, 0.25) is 0 Å². The van der Waals surface area contributed by atoms with Crippen molar-refractivity contribution in [3.8, 4) is 0 Å². The molecule has 5 amide bonds. The summed E-state index contributed by atoms with van der Waals surface area (Å²) in [5.41, 5.74) is 2.01. The number of allylic oxidation sites excluding steroid dienone is 2. The molecule has 6 atom stereocenters. The molecule has 1 aliphatic rings. The smallest absolute Gasteiger partial charge is 0.243 e. The topological polar surface area (TPSA) is 173 Å². The summed E-state index contributed by atoms with van der Waals surface area (Å²) in [4.78, 5) is 64.1. The Hall–Kier alpha value is -4.85. The maximum atomic E-state index is 13.6. The number of rotatable bonds is 30. The first-order valence-corrected chi connectivity index (χ1v) is 21.1. The molecule has 0 aliphatic heterocycles. The van der Waals surface area contributed by atoms with Crippen LogP contribution in [0.1, 0.15) is 70.4 Å². The van der Waals surface area contributed by atoms with Gasteiger partial charge in [-0.25, -0.2) is 0 Å². The Labute approximate surface area is 350 Å². The fraction of sp³-hybridized carbons (Fsp3) is 0.543. The summed E-state index contributed by atoms with van der Waals surface area (Å²) in [6, 6.07) is 17.0. The van der Waals surface area contributed by atoms with E-state index in [0.29, 0.717) is 64.7 Å². The van der Waals surface area contributed by atoms with E-state index in [4.69, 9.17) is 14.2 Å². The normalized spacial score (nSPS) is 17.8. The van der Waals surface area contributed by atoms with Crippen molar-refractivity contribution < 1.29 is 38.2 Å². The summed E-state index contributed by atoms with van der Waals surface area (Å²) < 4.78 is 16.9. The lowest BCUT2D eigenvalue weighted by Crippen LogP contribution is -2.57. The number of hydrogen-bond acceptors (Lipinski definition) is 8. The predicted octanol–water partition coefficient (Wildman–Crippen LogP) is 4.37. The number of unbranched alkanes of at least 4 members (excludes halogenated alkanes) is 1. The number of benzene rings is 2. The minimum atomic E-state index is -0.899. The molecule has 0 bridgehead atoms. The summed E-state index contributed by atoms with van der Waals surface area (Å²) in [7, 11) is 0. The molecule has 0 radical (unpaired) electrons. The van der Waals surface area contributed by atoms with E-state index in [1.54, 1.807) is 0 Å². The van der Waals surface area contributed by atoms with E-state index >= 15 is 0 Å². The second kappa shape index (κ2) is 28.6. The van der Waals surface area contributed by atoms with Crippen LogP contribution in [0.4, 0.5) is 0 Å². The van der Waals surface area contributed by atoms with Crippen LogP contribution in [0.25, 0.3) is 6.08 Å². The van der Waals surface area contributed by atoms with Gasteiger partial charge in [0.2, 0.25) is 30.0 Å². The van der Waals surface area contributed by atoms with Gasteiger partial charge in [0.25, 0.3) is 0 Å². The van der Waals surface area contributed by atoms with Gasteiger partial charge in [-0.15, -0.1) is 6.58 Å². The molecule has 1 aliphatic carbocycles. The molecule has 324 valence electrons. The fourth-order valence-corrected chi connectivity index (χ4v) is 7.02. The Kier molecular flexibility index (Phi) is 23.5. The quantitative estimate of drug-likeness (QED) is 0.0440. The van der Waals surface area contributed by atoms with Gasteiger partial charge in [-0.1, -0.05) is 113 Å². The van der Waals surface area contributed by atoms with E-state index < -0.39 is 29.9 Å². The maximum absolute atomic E-state index is 13.6. The lowest BCUT2D eigenvalue weighted by atomic mass is 9.95. The highest BCUT2D eigenvalue weighted by Crippen LogP contribution is 2.38. The number of amides is 5. The first-order chi connectivity index (χ1) is 28.6. The van der Waals surface area contributed by atoms with Crippen LogP contribution >= 0.6 is 0 Å². The first kappa shape index (κ1) is 48.5. The van der Waals surface area contributed by atoms with Crippen molar-refractivity contribution in [1.82, 2.24) is 26.6 Å². The molecule has 13 heteroatoms. The number of nitrogens with one attached hydrogen (secondary N) is 5. The molecule has 0 saturated heterocycles. The number of carbonyl (C=O) groups is 5. The Morgan fingerprint density at radius 2 is 1.36 bits per heavy atom. The lowest BCUT2D eigenvalue weighted by Gasteiger charge is -2.26. The van der Waals surface area contributed by atoms with Crippen molar-refractivity contribution in [2.75, 3.05) is 52.7 Å². The average Bonchev–Trinajstić information content (AvgIpc) is 3.66. The van der Waals surface area contributed by atoms with Crippen LogP contribution < -0.4 is 26.6 Å².